The molecule has 0 saturated heterocycles. The summed E-state index contributed by atoms with van der Waals surface area (Å²) in [4.78, 5) is 26.7. The number of amides is 1. The fraction of sp³-hybridized carbons (Fsp3) is 0.250. The van der Waals surface area contributed by atoms with Gasteiger partial charge in [-0.15, -0.1) is 0 Å². The first-order valence-electron chi connectivity index (χ1n) is 6.98. The van der Waals surface area contributed by atoms with Crippen LogP contribution >= 0.6 is 23.2 Å². The van der Waals surface area contributed by atoms with Crippen molar-refractivity contribution < 1.29 is 14.3 Å². The van der Waals surface area contributed by atoms with E-state index in [4.69, 9.17) is 27.9 Å². The zero-order chi connectivity index (χ0) is 17.0. The van der Waals surface area contributed by atoms with Crippen LogP contribution < -0.4 is 5.32 Å². The van der Waals surface area contributed by atoms with Gasteiger partial charge in [0, 0.05) is 16.2 Å². The summed E-state index contributed by atoms with van der Waals surface area (Å²) in [6.45, 7) is 3.29. The number of esters is 1. The molecule has 2 rings (SSSR count). The van der Waals surface area contributed by atoms with E-state index in [0.717, 1.165) is 5.56 Å². The topological polar surface area (TPSA) is 71.2 Å². The van der Waals surface area contributed by atoms with Crippen molar-refractivity contribution in [2.45, 2.75) is 26.0 Å². The van der Waals surface area contributed by atoms with E-state index in [1.165, 1.54) is 6.92 Å². The second-order valence-corrected chi connectivity index (χ2v) is 5.87. The Balaban J connectivity index is 1.96. The Labute approximate surface area is 143 Å². The molecule has 1 amide bonds. The number of H-pyrrole nitrogens is 1. The number of carbonyl (C=O) groups excluding carboxylic acids is 2. The van der Waals surface area contributed by atoms with Crippen molar-refractivity contribution >= 4 is 35.1 Å². The van der Waals surface area contributed by atoms with Crippen molar-refractivity contribution in [2.75, 3.05) is 0 Å². The van der Waals surface area contributed by atoms with Crippen molar-refractivity contribution in [3.8, 4) is 0 Å². The molecular weight excluding hydrogens is 339 g/mol. The van der Waals surface area contributed by atoms with Gasteiger partial charge in [-0.05, 0) is 43.7 Å². The smallest absolute Gasteiger partial charge is 0.355 e. The maximum Gasteiger partial charge on any atom is 0.355 e. The number of ether oxygens (including phenoxy) is 1. The van der Waals surface area contributed by atoms with Crippen molar-refractivity contribution in [3.05, 3.63) is 57.8 Å². The van der Waals surface area contributed by atoms with Crippen LogP contribution in [0.5, 0.6) is 0 Å². The van der Waals surface area contributed by atoms with Crippen LogP contribution in [-0.4, -0.2) is 23.0 Å². The zero-order valence-corrected chi connectivity index (χ0v) is 14.1. The third-order valence-corrected chi connectivity index (χ3v) is 3.82. The van der Waals surface area contributed by atoms with E-state index < -0.39 is 18.0 Å². The van der Waals surface area contributed by atoms with Gasteiger partial charge in [-0.25, -0.2) is 4.79 Å². The first-order chi connectivity index (χ1) is 10.9. The van der Waals surface area contributed by atoms with E-state index in [0.29, 0.717) is 15.7 Å². The fourth-order valence-corrected chi connectivity index (χ4v) is 2.57. The van der Waals surface area contributed by atoms with Crippen molar-refractivity contribution in [2.24, 2.45) is 0 Å². The van der Waals surface area contributed by atoms with E-state index >= 15 is 0 Å². The van der Waals surface area contributed by atoms with Gasteiger partial charge >= 0.3 is 5.97 Å². The molecule has 1 heterocycles. The number of benzene rings is 1. The highest BCUT2D eigenvalue weighted by Gasteiger charge is 2.22. The third-order valence-electron chi connectivity index (χ3n) is 3.26. The van der Waals surface area contributed by atoms with E-state index in [2.05, 4.69) is 10.3 Å². The molecule has 0 bridgehead atoms. The molecule has 2 N–H and O–H groups in total. The Hall–Kier alpha value is -1.98. The van der Waals surface area contributed by atoms with Crippen LogP contribution in [0, 0.1) is 0 Å². The molecule has 0 unspecified atom stereocenters. The lowest BCUT2D eigenvalue weighted by molar-refractivity contribution is -0.129. The monoisotopic (exact) mass is 354 g/mol. The average molecular weight is 355 g/mol. The highest BCUT2D eigenvalue weighted by molar-refractivity contribution is 6.35. The zero-order valence-electron chi connectivity index (χ0n) is 12.6. The summed E-state index contributed by atoms with van der Waals surface area (Å²) >= 11 is 12.0. The SMILES string of the molecule is C[C@H](NC(=O)[C@@H](C)OC(=O)c1ccc[nH]1)c1ccc(Cl)cc1Cl. The predicted octanol–water partition coefficient (Wildman–Crippen LogP) is 3.74. The number of hydrogen-bond acceptors (Lipinski definition) is 3. The lowest BCUT2D eigenvalue weighted by Crippen LogP contribution is -2.37. The molecule has 0 spiro atoms. The summed E-state index contributed by atoms with van der Waals surface area (Å²) < 4.78 is 5.11. The Bertz CT molecular complexity index is 701. The summed E-state index contributed by atoms with van der Waals surface area (Å²) in [6.07, 6.45) is 0.672. The van der Waals surface area contributed by atoms with Gasteiger partial charge in [-0.2, -0.15) is 0 Å². The normalized spacial score (nSPS) is 13.2. The Morgan fingerprint density at radius 2 is 1.96 bits per heavy atom. The second kappa shape index (κ2) is 7.53. The number of aromatic amines is 1. The molecule has 0 aliphatic carbocycles. The number of hydrogen-bond donors (Lipinski definition) is 2. The molecule has 1 aromatic heterocycles. The molecule has 122 valence electrons. The Morgan fingerprint density at radius 1 is 1.22 bits per heavy atom. The van der Waals surface area contributed by atoms with E-state index in [1.807, 2.05) is 0 Å². The number of aromatic nitrogens is 1. The van der Waals surface area contributed by atoms with Gasteiger partial charge in [0.1, 0.15) is 5.69 Å². The first kappa shape index (κ1) is 17.4. The van der Waals surface area contributed by atoms with E-state index in [9.17, 15) is 9.59 Å². The lowest BCUT2D eigenvalue weighted by Gasteiger charge is -2.19. The summed E-state index contributed by atoms with van der Waals surface area (Å²) in [5, 5.41) is 3.73. The van der Waals surface area contributed by atoms with Crippen LogP contribution in [0.15, 0.2) is 36.5 Å². The standard InChI is InChI=1S/C16H16Cl2N2O3/c1-9(12-6-5-11(17)8-13(12)18)20-15(21)10(2)23-16(22)14-4-3-7-19-14/h3-10,19H,1-2H3,(H,20,21)/t9-,10+/m0/s1. The predicted molar refractivity (Wildman–Crippen MR) is 88.7 cm³/mol. The first-order valence-corrected chi connectivity index (χ1v) is 7.73. The highest BCUT2D eigenvalue weighted by Crippen LogP contribution is 2.26. The van der Waals surface area contributed by atoms with Crippen molar-refractivity contribution in [1.29, 1.82) is 0 Å². The molecule has 1 aromatic carbocycles. The minimum Gasteiger partial charge on any atom is -0.448 e. The maximum atomic E-state index is 12.1. The minimum absolute atomic E-state index is 0.290. The van der Waals surface area contributed by atoms with Crippen LogP contribution in [0.2, 0.25) is 10.0 Å². The fourth-order valence-electron chi connectivity index (χ4n) is 2.00. The quantitative estimate of drug-likeness (QED) is 0.803. The van der Waals surface area contributed by atoms with Gasteiger partial charge in [-0.1, -0.05) is 29.3 Å². The van der Waals surface area contributed by atoms with E-state index in [-0.39, 0.29) is 6.04 Å². The van der Waals surface area contributed by atoms with Gasteiger partial charge in [0.05, 0.1) is 6.04 Å². The number of carbonyl (C=O) groups is 2. The number of halogens is 2. The minimum atomic E-state index is -0.931. The molecule has 0 fully saturated rings. The van der Waals surface area contributed by atoms with Gasteiger partial charge in [0.25, 0.3) is 5.91 Å². The van der Waals surface area contributed by atoms with Gasteiger partial charge < -0.3 is 15.0 Å². The molecule has 0 aliphatic rings. The van der Waals surface area contributed by atoms with Crippen molar-refractivity contribution in [1.82, 2.24) is 10.3 Å². The number of nitrogens with one attached hydrogen (secondary N) is 2. The molecule has 7 heteroatoms. The highest BCUT2D eigenvalue weighted by atomic mass is 35.5. The van der Waals surface area contributed by atoms with Gasteiger partial charge in [-0.3, -0.25) is 4.79 Å². The van der Waals surface area contributed by atoms with Crippen LogP contribution in [0.1, 0.15) is 35.9 Å². The number of rotatable bonds is 5. The van der Waals surface area contributed by atoms with Gasteiger partial charge in [0.2, 0.25) is 0 Å². The van der Waals surface area contributed by atoms with Crippen LogP contribution in [0.25, 0.3) is 0 Å². The molecule has 0 saturated carbocycles. The van der Waals surface area contributed by atoms with Gasteiger partial charge in [0.15, 0.2) is 6.10 Å². The Kier molecular flexibility index (Phi) is 5.69. The molecule has 5 nitrogen and oxygen atoms in total. The summed E-state index contributed by atoms with van der Waals surface area (Å²) in [7, 11) is 0. The molecule has 0 aliphatic heterocycles. The van der Waals surface area contributed by atoms with Crippen molar-refractivity contribution in [3.63, 3.8) is 0 Å². The van der Waals surface area contributed by atoms with Crippen LogP contribution in [-0.2, 0) is 9.53 Å². The molecule has 2 aromatic rings. The summed E-state index contributed by atoms with van der Waals surface area (Å²) in [5.74, 6) is -1.00. The third kappa shape index (κ3) is 4.50. The summed E-state index contributed by atoms with van der Waals surface area (Å²) in [5.41, 5.74) is 1.02. The molecule has 2 atom stereocenters. The van der Waals surface area contributed by atoms with Crippen LogP contribution in [0.3, 0.4) is 0 Å². The maximum absolute atomic E-state index is 12.1. The molecule has 0 radical (unpaired) electrons. The van der Waals surface area contributed by atoms with E-state index in [1.54, 1.807) is 43.5 Å². The average Bonchev–Trinajstić information content (AvgIpc) is 3.01. The largest absolute Gasteiger partial charge is 0.448 e. The summed E-state index contributed by atoms with van der Waals surface area (Å²) in [6, 6.07) is 7.94. The van der Waals surface area contributed by atoms with Crippen LogP contribution in [0.4, 0.5) is 0 Å². The molecule has 23 heavy (non-hydrogen) atoms. The Morgan fingerprint density at radius 3 is 2.57 bits per heavy atom. The molecular formula is C16H16Cl2N2O3. The second-order valence-electron chi connectivity index (χ2n) is 5.03. The lowest BCUT2D eigenvalue weighted by atomic mass is 10.1.